The number of ether oxygens (including phenoxy) is 4. The van der Waals surface area contributed by atoms with E-state index in [1.165, 1.54) is 14.2 Å². The van der Waals surface area contributed by atoms with Gasteiger partial charge in [-0.05, 0) is 55.5 Å². The van der Waals surface area contributed by atoms with Crippen LogP contribution in [0.3, 0.4) is 0 Å². The molecule has 1 saturated heterocycles. The zero-order chi connectivity index (χ0) is 35.5. The Morgan fingerprint density at radius 1 is 1.00 bits per heavy atom. The molecule has 0 N–H and O–H groups in total. The maximum absolute atomic E-state index is 14.5. The van der Waals surface area contributed by atoms with Gasteiger partial charge in [0.2, 0.25) is 11.8 Å². The molecule has 2 aliphatic heterocycles. The number of hydrogen-bond donors (Lipinski definition) is 0. The first-order valence-corrected chi connectivity index (χ1v) is 17.1. The Bertz CT molecular complexity index is 1750. The minimum absolute atomic E-state index is 0.0132. The number of alkyl halides is 2. The summed E-state index contributed by atoms with van der Waals surface area (Å²) in [6.07, 6.45) is 0.374. The van der Waals surface area contributed by atoms with E-state index in [1.54, 1.807) is 47.2 Å². The van der Waals surface area contributed by atoms with Gasteiger partial charge in [-0.25, -0.2) is 13.5 Å². The number of fused-ring (bicyclic) bond motifs is 1. The number of rotatable bonds is 12. The summed E-state index contributed by atoms with van der Waals surface area (Å²) in [5.74, 6) is -0.511. The highest BCUT2D eigenvalue weighted by atomic mass is 35.5. The van der Waals surface area contributed by atoms with E-state index in [4.69, 9.17) is 30.5 Å². The topological polar surface area (TPSA) is 125 Å². The van der Waals surface area contributed by atoms with Gasteiger partial charge in [-0.1, -0.05) is 23.2 Å². The Kier molecular flexibility index (Phi) is 10.7. The first-order valence-electron chi connectivity index (χ1n) is 16.7. The van der Waals surface area contributed by atoms with Gasteiger partial charge in [0.1, 0.15) is 41.9 Å². The molecule has 3 aromatic rings. The Balaban J connectivity index is 1.26. The second kappa shape index (κ2) is 15.2. The molecular weight excluding hydrogens is 676 g/mol. The third-order valence-corrected chi connectivity index (χ3v) is 10.3. The van der Waals surface area contributed by atoms with Crippen molar-refractivity contribution in [3.05, 3.63) is 63.4 Å². The van der Waals surface area contributed by atoms with Crippen LogP contribution < -0.4 is 14.2 Å². The van der Waals surface area contributed by atoms with Crippen molar-refractivity contribution in [1.29, 1.82) is 0 Å². The molecule has 268 valence electrons. The van der Waals surface area contributed by atoms with Gasteiger partial charge in [-0.15, -0.1) is 5.10 Å². The first-order chi connectivity index (χ1) is 24.1. The first kappa shape index (κ1) is 35.4. The fourth-order valence-electron chi connectivity index (χ4n) is 7.37. The number of halogens is 3. The number of aryl methyl sites for hydroxylation is 1. The lowest BCUT2D eigenvalue weighted by atomic mass is 9.88. The molecule has 2 fully saturated rings. The fraction of sp³-hybridized carbons (Fsp3) is 0.514. The van der Waals surface area contributed by atoms with Crippen LogP contribution in [-0.4, -0.2) is 76.4 Å². The number of carbonyl (C=O) groups is 3. The molecule has 0 unspecified atom stereocenters. The molecule has 0 spiro atoms. The van der Waals surface area contributed by atoms with Gasteiger partial charge < -0.3 is 28.7 Å². The normalized spacial score (nSPS) is 20.3. The summed E-state index contributed by atoms with van der Waals surface area (Å²) >= 11 is 6.71. The van der Waals surface area contributed by atoms with E-state index >= 15 is 0 Å². The van der Waals surface area contributed by atoms with E-state index in [0.717, 1.165) is 10.2 Å². The summed E-state index contributed by atoms with van der Waals surface area (Å²) in [6.45, 7) is 0.719. The Morgan fingerprint density at radius 3 is 2.52 bits per heavy atom. The number of hydrogen-bond acceptors (Lipinski definition) is 9. The number of carbonyl (C=O) groups excluding carboxylic acids is 3. The lowest BCUT2D eigenvalue weighted by Crippen LogP contribution is -2.48. The van der Waals surface area contributed by atoms with Crippen LogP contribution in [0.2, 0.25) is 5.02 Å². The summed E-state index contributed by atoms with van der Waals surface area (Å²) < 4.78 is 51.2. The Labute approximate surface area is 293 Å². The zero-order valence-corrected chi connectivity index (χ0v) is 29.0. The number of amides is 2. The van der Waals surface area contributed by atoms with Gasteiger partial charge in [0.25, 0.3) is 6.43 Å². The van der Waals surface area contributed by atoms with Crippen molar-refractivity contribution in [2.75, 3.05) is 33.9 Å². The van der Waals surface area contributed by atoms with Crippen LogP contribution in [0.4, 0.5) is 8.78 Å². The van der Waals surface area contributed by atoms with E-state index in [-0.39, 0.29) is 43.0 Å². The number of esters is 1. The quantitative estimate of drug-likeness (QED) is 0.233. The van der Waals surface area contributed by atoms with Crippen molar-refractivity contribution >= 4 is 29.4 Å². The highest BCUT2D eigenvalue weighted by molar-refractivity contribution is 6.31. The summed E-state index contributed by atoms with van der Waals surface area (Å²) in [4.78, 5) is 44.4. The van der Waals surface area contributed by atoms with E-state index < -0.39 is 30.3 Å². The van der Waals surface area contributed by atoms with Crippen LogP contribution in [0, 0.1) is 11.8 Å². The van der Waals surface area contributed by atoms with E-state index in [9.17, 15) is 23.2 Å². The summed E-state index contributed by atoms with van der Waals surface area (Å²) in [5.41, 5.74) is 1.67. The van der Waals surface area contributed by atoms with Crippen molar-refractivity contribution in [3.63, 3.8) is 0 Å². The second-order valence-corrected chi connectivity index (χ2v) is 13.1. The monoisotopic (exact) mass is 715 g/mol. The van der Waals surface area contributed by atoms with Crippen LogP contribution in [0.1, 0.15) is 72.6 Å². The molecule has 50 heavy (non-hydrogen) atoms. The molecule has 0 bridgehead atoms. The molecular formula is C35H40ClF2N5O7. The number of nitrogens with zero attached hydrogens (tertiary/aromatic N) is 5. The SMILES string of the molecule is COc1ccc(COC(=O)[C@H]2CCC[C@H]2C(=O)N2CCc3c(Cl)ccc(OCc4nnn(C)c4C(F)F)c3[C@H]2CN2CCCC2=O)c(OC)c1. The number of aromatic nitrogens is 3. The second-order valence-electron chi connectivity index (χ2n) is 12.7. The Hall–Kier alpha value is -4.46. The predicted octanol–water partition coefficient (Wildman–Crippen LogP) is 5.21. The van der Waals surface area contributed by atoms with Crippen LogP contribution in [0.25, 0.3) is 0 Å². The number of likely N-dealkylation sites (tertiary alicyclic amines) is 1. The van der Waals surface area contributed by atoms with Crippen molar-refractivity contribution in [1.82, 2.24) is 24.8 Å². The molecule has 1 aromatic heterocycles. The Morgan fingerprint density at radius 2 is 1.80 bits per heavy atom. The molecule has 0 radical (unpaired) electrons. The molecule has 3 heterocycles. The molecule has 1 saturated carbocycles. The average molecular weight is 716 g/mol. The van der Waals surface area contributed by atoms with Crippen molar-refractivity contribution in [2.24, 2.45) is 18.9 Å². The molecule has 1 aliphatic carbocycles. The van der Waals surface area contributed by atoms with Crippen LogP contribution in [0.5, 0.6) is 17.2 Å². The third-order valence-electron chi connectivity index (χ3n) is 9.93. The summed E-state index contributed by atoms with van der Waals surface area (Å²) in [5, 5.41) is 8.08. The largest absolute Gasteiger partial charge is 0.497 e. The lowest BCUT2D eigenvalue weighted by molar-refractivity contribution is -0.156. The van der Waals surface area contributed by atoms with E-state index in [2.05, 4.69) is 10.3 Å². The van der Waals surface area contributed by atoms with Crippen LogP contribution >= 0.6 is 11.6 Å². The predicted molar refractivity (Wildman–Crippen MR) is 176 cm³/mol. The van der Waals surface area contributed by atoms with Gasteiger partial charge in [0.05, 0.1) is 32.1 Å². The lowest BCUT2D eigenvalue weighted by Gasteiger charge is -2.41. The van der Waals surface area contributed by atoms with Crippen molar-refractivity contribution in [2.45, 2.75) is 64.2 Å². The smallest absolute Gasteiger partial charge is 0.310 e. The molecule has 15 heteroatoms. The average Bonchev–Trinajstić information content (AvgIpc) is 3.86. The van der Waals surface area contributed by atoms with Gasteiger partial charge >= 0.3 is 5.97 Å². The van der Waals surface area contributed by atoms with E-state index in [1.807, 2.05) is 0 Å². The zero-order valence-electron chi connectivity index (χ0n) is 28.2. The summed E-state index contributed by atoms with van der Waals surface area (Å²) in [6, 6.07) is 7.90. The molecule has 2 amide bonds. The molecule has 3 aliphatic rings. The number of benzene rings is 2. The van der Waals surface area contributed by atoms with Gasteiger partial charge in [0.15, 0.2) is 0 Å². The van der Waals surface area contributed by atoms with Gasteiger partial charge in [0, 0.05) is 55.3 Å². The van der Waals surface area contributed by atoms with Gasteiger partial charge in [-0.2, -0.15) is 0 Å². The summed E-state index contributed by atoms with van der Waals surface area (Å²) in [7, 11) is 4.46. The number of methoxy groups -OCH3 is 2. The van der Waals surface area contributed by atoms with Crippen LogP contribution in [0.15, 0.2) is 30.3 Å². The minimum Gasteiger partial charge on any atom is -0.497 e. The molecule has 6 rings (SSSR count). The van der Waals surface area contributed by atoms with Crippen molar-refractivity contribution < 1.29 is 42.1 Å². The maximum atomic E-state index is 14.5. The third kappa shape index (κ3) is 7.07. The molecule has 2 aromatic carbocycles. The fourth-order valence-corrected chi connectivity index (χ4v) is 7.63. The maximum Gasteiger partial charge on any atom is 0.310 e. The van der Waals surface area contributed by atoms with Crippen LogP contribution in [-0.2, 0) is 45.8 Å². The minimum atomic E-state index is -2.81. The highest BCUT2D eigenvalue weighted by Gasteiger charge is 2.45. The highest BCUT2D eigenvalue weighted by Crippen LogP contribution is 2.44. The molecule has 3 atom stereocenters. The van der Waals surface area contributed by atoms with Crippen molar-refractivity contribution in [3.8, 4) is 17.2 Å². The van der Waals surface area contributed by atoms with E-state index in [0.29, 0.717) is 85.0 Å². The molecule has 12 nitrogen and oxygen atoms in total. The standard InChI is InChI=1S/C35H40ClF2N5O7/c1-41-32(33(37)38)26(39-40-41)19-49-28-12-11-25(36)24-13-15-43(27(31(24)28)17-42-14-5-8-30(42)44)34(45)22-6-4-7-23(22)35(46)50-18-20-9-10-21(47-2)16-29(20)48-3/h9-12,16,22-23,27,33H,4-8,13-15,17-19H2,1-3H3/t22-,23+,27-/m1/s1. The van der Waals surface area contributed by atoms with Gasteiger partial charge in [-0.3, -0.25) is 14.4 Å².